The van der Waals surface area contributed by atoms with Crippen LogP contribution in [0.2, 0.25) is 0 Å². The molecule has 21 heavy (non-hydrogen) atoms. The predicted octanol–water partition coefficient (Wildman–Crippen LogP) is 2.99. The van der Waals surface area contributed by atoms with E-state index in [4.69, 9.17) is 5.73 Å². The maximum atomic E-state index is 12.4. The summed E-state index contributed by atoms with van der Waals surface area (Å²) in [5.41, 5.74) is 9.22. The Labute approximate surface area is 130 Å². The maximum Gasteiger partial charge on any atom is 0.242 e. The minimum atomic E-state index is -3.60. The molecule has 4 nitrogen and oxygen atoms in total. The highest BCUT2D eigenvalue weighted by molar-refractivity contribution is 7.89. The van der Waals surface area contributed by atoms with Gasteiger partial charge in [0.2, 0.25) is 10.0 Å². The van der Waals surface area contributed by atoms with Crippen molar-refractivity contribution in [2.24, 2.45) is 0 Å². The molecule has 0 atom stereocenters. The van der Waals surface area contributed by atoms with Crippen molar-refractivity contribution in [3.63, 3.8) is 0 Å². The Kier molecular flexibility index (Phi) is 4.70. The molecule has 0 spiro atoms. The number of hydrogen-bond acceptors (Lipinski definition) is 4. The van der Waals surface area contributed by atoms with Gasteiger partial charge in [-0.3, -0.25) is 0 Å². The van der Waals surface area contributed by atoms with E-state index in [0.29, 0.717) is 6.54 Å². The van der Waals surface area contributed by atoms with Crippen LogP contribution in [0.4, 0.5) is 5.69 Å². The molecular weight excluding hydrogens is 304 g/mol. The minimum absolute atomic E-state index is 0.153. The largest absolute Gasteiger partial charge is 0.398 e. The number of nitrogens with one attached hydrogen (secondary N) is 1. The average molecular weight is 324 g/mol. The third-order valence-electron chi connectivity index (χ3n) is 3.56. The molecule has 1 aromatic carbocycles. The molecule has 0 saturated heterocycles. The number of benzene rings is 1. The second-order valence-electron chi connectivity index (χ2n) is 5.02. The number of nitrogen functional groups attached to an aromatic ring is 1. The summed E-state index contributed by atoms with van der Waals surface area (Å²) in [5.74, 6) is 0. The van der Waals surface area contributed by atoms with Crippen LogP contribution in [0.3, 0.4) is 0 Å². The summed E-state index contributed by atoms with van der Waals surface area (Å²) in [7, 11) is -3.60. The van der Waals surface area contributed by atoms with Crippen LogP contribution in [0.5, 0.6) is 0 Å². The Morgan fingerprint density at radius 3 is 2.57 bits per heavy atom. The van der Waals surface area contributed by atoms with Crippen molar-refractivity contribution in [3.8, 4) is 0 Å². The number of anilines is 1. The Bertz CT molecular complexity index is 749. The summed E-state index contributed by atoms with van der Waals surface area (Å²) < 4.78 is 27.5. The summed E-state index contributed by atoms with van der Waals surface area (Å²) in [6.45, 7) is 6.15. The van der Waals surface area contributed by atoms with Gasteiger partial charge in [-0.2, -0.15) is 0 Å². The molecule has 0 amide bonds. The lowest BCUT2D eigenvalue weighted by Gasteiger charge is -2.11. The van der Waals surface area contributed by atoms with E-state index < -0.39 is 10.0 Å². The van der Waals surface area contributed by atoms with Gasteiger partial charge in [0.05, 0.1) is 5.69 Å². The fourth-order valence-electron chi connectivity index (χ4n) is 2.12. The van der Waals surface area contributed by atoms with E-state index >= 15 is 0 Å². The Morgan fingerprint density at radius 1 is 1.24 bits per heavy atom. The van der Waals surface area contributed by atoms with E-state index in [2.05, 4.69) is 11.6 Å². The fraction of sp³-hybridized carbons (Fsp3) is 0.333. The van der Waals surface area contributed by atoms with E-state index in [1.165, 1.54) is 5.56 Å². The highest BCUT2D eigenvalue weighted by Gasteiger charge is 2.19. The molecule has 6 heteroatoms. The van der Waals surface area contributed by atoms with Crippen LogP contribution in [-0.2, 0) is 23.0 Å². The summed E-state index contributed by atoms with van der Waals surface area (Å²) >= 11 is 1.56. The van der Waals surface area contributed by atoms with Crippen LogP contribution < -0.4 is 10.5 Å². The molecule has 0 unspecified atom stereocenters. The van der Waals surface area contributed by atoms with E-state index in [1.54, 1.807) is 23.5 Å². The van der Waals surface area contributed by atoms with E-state index in [1.807, 2.05) is 25.3 Å². The average Bonchev–Trinajstić information content (AvgIpc) is 2.88. The number of hydrogen-bond donors (Lipinski definition) is 2. The minimum Gasteiger partial charge on any atom is -0.398 e. The van der Waals surface area contributed by atoms with Crippen LogP contribution in [0, 0.1) is 13.8 Å². The molecule has 2 aromatic rings. The van der Waals surface area contributed by atoms with Crippen molar-refractivity contribution in [3.05, 3.63) is 45.1 Å². The molecule has 3 N–H and O–H groups in total. The molecule has 0 aliphatic rings. The first-order valence-corrected chi connectivity index (χ1v) is 9.13. The van der Waals surface area contributed by atoms with Gasteiger partial charge in [-0.25, -0.2) is 13.1 Å². The molecule has 0 radical (unpaired) electrons. The van der Waals surface area contributed by atoms with E-state index in [-0.39, 0.29) is 10.6 Å². The van der Waals surface area contributed by atoms with Gasteiger partial charge in [0, 0.05) is 11.4 Å². The van der Waals surface area contributed by atoms with Crippen molar-refractivity contribution in [2.45, 2.75) is 38.6 Å². The van der Waals surface area contributed by atoms with Gasteiger partial charge in [-0.1, -0.05) is 6.92 Å². The zero-order valence-corrected chi connectivity index (χ0v) is 14.1. The molecule has 0 aliphatic carbocycles. The number of sulfonamides is 1. The monoisotopic (exact) mass is 324 g/mol. The standard InChI is InChI=1S/C15H20N2O2S2/c1-4-12-5-6-20-14(12)9-17-21(18,19)15-8-11(3)10(2)7-13(15)16/h5-8,17H,4,9,16H2,1-3H3. The Morgan fingerprint density at radius 2 is 1.90 bits per heavy atom. The van der Waals surface area contributed by atoms with Crippen LogP contribution in [0.15, 0.2) is 28.5 Å². The molecule has 0 fully saturated rings. The summed E-state index contributed by atoms with van der Waals surface area (Å²) in [6, 6.07) is 5.35. The van der Waals surface area contributed by atoms with Gasteiger partial charge in [0.25, 0.3) is 0 Å². The highest BCUT2D eigenvalue weighted by Crippen LogP contribution is 2.23. The smallest absolute Gasteiger partial charge is 0.242 e. The van der Waals surface area contributed by atoms with Gasteiger partial charge < -0.3 is 5.73 Å². The summed E-state index contributed by atoms with van der Waals surface area (Å²) in [6.07, 6.45) is 0.895. The van der Waals surface area contributed by atoms with Crippen molar-refractivity contribution < 1.29 is 8.42 Å². The quantitative estimate of drug-likeness (QED) is 0.831. The molecule has 0 bridgehead atoms. The second-order valence-corrected chi connectivity index (χ2v) is 7.76. The first kappa shape index (κ1) is 16.0. The van der Waals surface area contributed by atoms with Crippen LogP contribution >= 0.6 is 11.3 Å². The van der Waals surface area contributed by atoms with Gasteiger partial charge in [0.1, 0.15) is 4.90 Å². The van der Waals surface area contributed by atoms with Gasteiger partial charge in [0.15, 0.2) is 0 Å². The van der Waals surface area contributed by atoms with Crippen molar-refractivity contribution in [1.82, 2.24) is 4.72 Å². The van der Waals surface area contributed by atoms with Crippen LogP contribution in [-0.4, -0.2) is 8.42 Å². The number of thiophene rings is 1. The molecule has 1 aromatic heterocycles. The Balaban J connectivity index is 2.25. The topological polar surface area (TPSA) is 72.2 Å². The summed E-state index contributed by atoms with van der Waals surface area (Å²) in [4.78, 5) is 1.20. The van der Waals surface area contributed by atoms with Gasteiger partial charge >= 0.3 is 0 Å². The zero-order valence-electron chi connectivity index (χ0n) is 12.4. The Hall–Kier alpha value is -1.37. The molecule has 1 heterocycles. The van der Waals surface area contributed by atoms with Crippen LogP contribution in [0.1, 0.15) is 28.5 Å². The van der Waals surface area contributed by atoms with E-state index in [9.17, 15) is 8.42 Å². The zero-order chi connectivity index (χ0) is 15.6. The predicted molar refractivity (Wildman–Crippen MR) is 88.1 cm³/mol. The van der Waals surface area contributed by atoms with Gasteiger partial charge in [-0.15, -0.1) is 11.3 Å². The summed E-state index contributed by atoms with van der Waals surface area (Å²) in [5, 5.41) is 1.98. The molecule has 0 aliphatic heterocycles. The molecular formula is C15H20N2O2S2. The first-order chi connectivity index (χ1) is 9.85. The third kappa shape index (κ3) is 3.45. The maximum absolute atomic E-state index is 12.4. The lowest BCUT2D eigenvalue weighted by atomic mass is 10.1. The highest BCUT2D eigenvalue weighted by atomic mass is 32.2. The third-order valence-corrected chi connectivity index (χ3v) is 5.98. The lowest BCUT2D eigenvalue weighted by Crippen LogP contribution is -2.24. The second kappa shape index (κ2) is 6.17. The molecule has 0 saturated carbocycles. The SMILES string of the molecule is CCc1ccsc1CNS(=O)(=O)c1cc(C)c(C)cc1N. The van der Waals surface area contributed by atoms with Crippen molar-refractivity contribution >= 4 is 27.0 Å². The fourth-order valence-corrected chi connectivity index (χ4v) is 4.32. The van der Waals surface area contributed by atoms with Crippen molar-refractivity contribution in [1.29, 1.82) is 0 Å². The van der Waals surface area contributed by atoms with Gasteiger partial charge in [-0.05, 0) is 60.5 Å². The molecule has 114 valence electrons. The molecule has 2 rings (SSSR count). The number of aryl methyl sites for hydroxylation is 3. The first-order valence-electron chi connectivity index (χ1n) is 6.76. The number of rotatable bonds is 5. The number of nitrogens with two attached hydrogens (primary N) is 1. The normalized spacial score (nSPS) is 11.8. The van der Waals surface area contributed by atoms with E-state index in [0.717, 1.165) is 22.4 Å². The van der Waals surface area contributed by atoms with Crippen LogP contribution in [0.25, 0.3) is 0 Å². The van der Waals surface area contributed by atoms with Crippen molar-refractivity contribution in [2.75, 3.05) is 5.73 Å². The lowest BCUT2D eigenvalue weighted by molar-refractivity contribution is 0.582.